The number of non-ortho nitro benzene ring substituents is 1. The second-order valence-electron chi connectivity index (χ2n) is 4.04. The van der Waals surface area contributed by atoms with Crippen LogP contribution in [0.2, 0.25) is 0 Å². The molecule has 0 saturated heterocycles. The third kappa shape index (κ3) is 3.30. The lowest BCUT2D eigenvalue weighted by molar-refractivity contribution is -0.439. The Kier molecular flexibility index (Phi) is 4.22. The summed E-state index contributed by atoms with van der Waals surface area (Å²) in [4.78, 5) is 20.2. The van der Waals surface area contributed by atoms with Crippen LogP contribution in [0, 0.1) is 25.4 Å². The lowest BCUT2D eigenvalue weighted by Crippen LogP contribution is -2.01. The number of para-hydroxylation sites is 1. The van der Waals surface area contributed by atoms with Crippen molar-refractivity contribution in [2.24, 2.45) is 5.22 Å². The number of nitro groups is 2. The molecule has 0 fully saturated rings. The second kappa shape index (κ2) is 6.26. The molecule has 0 saturated carbocycles. The monoisotopic (exact) mass is 303 g/mol. The predicted molar refractivity (Wildman–Crippen MR) is 75.5 cm³/mol. The highest BCUT2D eigenvalue weighted by molar-refractivity contribution is 5.64. The van der Waals surface area contributed by atoms with Crippen molar-refractivity contribution in [3.63, 3.8) is 0 Å². The SMILES string of the molecule is O=[N+]([O-])c1ccc(NN=[N+]([O-])c2ccccc2)c([N+](=O)[O-])c1. The van der Waals surface area contributed by atoms with Gasteiger partial charge >= 0.3 is 5.69 Å². The van der Waals surface area contributed by atoms with Gasteiger partial charge in [-0.3, -0.25) is 20.2 Å². The van der Waals surface area contributed by atoms with Gasteiger partial charge in [-0.1, -0.05) is 18.2 Å². The second-order valence-corrected chi connectivity index (χ2v) is 4.04. The summed E-state index contributed by atoms with van der Waals surface area (Å²) in [6, 6.07) is 10.9. The summed E-state index contributed by atoms with van der Waals surface area (Å²) < 4.78 is 0. The lowest BCUT2D eigenvalue weighted by Gasteiger charge is -2.04. The van der Waals surface area contributed by atoms with E-state index in [1.807, 2.05) is 0 Å². The maximum absolute atomic E-state index is 11.7. The molecule has 10 heteroatoms. The minimum Gasteiger partial charge on any atom is -0.691 e. The molecule has 0 atom stereocenters. The molecule has 0 aliphatic carbocycles. The molecule has 0 amide bonds. The zero-order valence-electron chi connectivity index (χ0n) is 10.9. The van der Waals surface area contributed by atoms with E-state index in [9.17, 15) is 25.4 Å². The summed E-state index contributed by atoms with van der Waals surface area (Å²) in [6.45, 7) is 0. The zero-order chi connectivity index (χ0) is 16.1. The Balaban J connectivity index is 2.30. The van der Waals surface area contributed by atoms with Crippen LogP contribution in [0.1, 0.15) is 0 Å². The van der Waals surface area contributed by atoms with Gasteiger partial charge in [0.05, 0.1) is 21.1 Å². The number of rotatable bonds is 5. The van der Waals surface area contributed by atoms with Crippen molar-refractivity contribution in [1.82, 2.24) is 0 Å². The Morgan fingerprint density at radius 3 is 2.14 bits per heavy atom. The number of nitrogens with zero attached hydrogens (tertiary/aromatic N) is 4. The van der Waals surface area contributed by atoms with Gasteiger partial charge in [-0.05, 0) is 12.1 Å². The predicted octanol–water partition coefficient (Wildman–Crippen LogP) is 3.12. The van der Waals surface area contributed by atoms with Crippen molar-refractivity contribution in [1.29, 1.82) is 0 Å². The van der Waals surface area contributed by atoms with Crippen molar-refractivity contribution in [3.8, 4) is 0 Å². The van der Waals surface area contributed by atoms with Crippen LogP contribution in [0.3, 0.4) is 0 Å². The van der Waals surface area contributed by atoms with Crippen LogP contribution in [-0.2, 0) is 0 Å². The normalized spacial score (nSPS) is 11.0. The molecule has 0 aliphatic heterocycles. The highest BCUT2D eigenvalue weighted by Gasteiger charge is 2.22. The average Bonchev–Trinajstić information content (AvgIpc) is 2.53. The van der Waals surface area contributed by atoms with E-state index in [-0.39, 0.29) is 16.2 Å². The van der Waals surface area contributed by atoms with Crippen molar-refractivity contribution in [3.05, 3.63) is 74.0 Å². The standard InChI is InChI=1S/C12H9N5O5/c18-15(9-4-2-1-3-5-9)14-13-11-7-6-10(16(19)20)8-12(11)17(21)22/h1-8,13H. The molecule has 0 heterocycles. The van der Waals surface area contributed by atoms with Crippen LogP contribution in [0.15, 0.2) is 53.8 Å². The fourth-order valence-electron chi connectivity index (χ4n) is 1.59. The largest absolute Gasteiger partial charge is 0.691 e. The molecule has 0 bridgehead atoms. The number of benzene rings is 2. The Morgan fingerprint density at radius 1 is 0.864 bits per heavy atom. The first-order valence-electron chi connectivity index (χ1n) is 5.91. The van der Waals surface area contributed by atoms with Gasteiger partial charge in [-0.15, -0.1) is 10.3 Å². The lowest BCUT2D eigenvalue weighted by atomic mass is 10.2. The van der Waals surface area contributed by atoms with Crippen LogP contribution in [0.25, 0.3) is 0 Å². The van der Waals surface area contributed by atoms with Gasteiger partial charge in [0.1, 0.15) is 0 Å². The molecular weight excluding hydrogens is 294 g/mol. The van der Waals surface area contributed by atoms with Gasteiger partial charge in [0.25, 0.3) is 5.69 Å². The van der Waals surface area contributed by atoms with E-state index in [0.29, 0.717) is 0 Å². The van der Waals surface area contributed by atoms with Gasteiger partial charge < -0.3 is 5.21 Å². The van der Waals surface area contributed by atoms with E-state index in [1.54, 1.807) is 18.2 Å². The van der Waals surface area contributed by atoms with E-state index in [2.05, 4.69) is 10.6 Å². The minimum absolute atomic E-state index is 0.132. The summed E-state index contributed by atoms with van der Waals surface area (Å²) in [5, 5.41) is 36.7. The van der Waals surface area contributed by atoms with Crippen molar-refractivity contribution in [2.75, 3.05) is 5.43 Å². The highest BCUT2D eigenvalue weighted by Crippen LogP contribution is 2.29. The molecule has 1 N–H and O–H groups in total. The number of hydrogen-bond donors (Lipinski definition) is 1. The van der Waals surface area contributed by atoms with Crippen molar-refractivity contribution in [2.45, 2.75) is 0 Å². The Bertz CT molecular complexity index is 747. The molecule has 22 heavy (non-hydrogen) atoms. The van der Waals surface area contributed by atoms with Crippen LogP contribution in [-0.4, -0.2) is 14.7 Å². The van der Waals surface area contributed by atoms with Crippen molar-refractivity contribution >= 4 is 22.7 Å². The van der Waals surface area contributed by atoms with E-state index in [1.165, 1.54) is 12.1 Å². The molecule has 10 nitrogen and oxygen atoms in total. The molecule has 2 rings (SSSR count). The number of anilines is 1. The first-order valence-corrected chi connectivity index (χ1v) is 5.91. The molecule has 2 aromatic rings. The van der Waals surface area contributed by atoms with E-state index < -0.39 is 21.2 Å². The van der Waals surface area contributed by atoms with Gasteiger partial charge in [0.2, 0.25) is 5.69 Å². The molecule has 2 aromatic carbocycles. The van der Waals surface area contributed by atoms with Gasteiger partial charge in [0, 0.05) is 12.1 Å². The third-order valence-electron chi connectivity index (χ3n) is 2.63. The van der Waals surface area contributed by atoms with Crippen LogP contribution < -0.4 is 5.43 Å². The molecular formula is C12H9N5O5. The first kappa shape index (κ1) is 14.8. The minimum atomic E-state index is -0.803. The van der Waals surface area contributed by atoms with Gasteiger partial charge in [-0.25, -0.2) is 0 Å². The van der Waals surface area contributed by atoms with Crippen LogP contribution in [0.4, 0.5) is 22.7 Å². The quantitative estimate of drug-likeness (QED) is 0.390. The summed E-state index contributed by atoms with van der Waals surface area (Å²) in [6.07, 6.45) is 0. The Labute approximate surface area is 123 Å². The number of nitro benzene ring substituents is 2. The molecule has 0 unspecified atom stereocenters. The number of nitrogens with one attached hydrogen (secondary N) is 1. The topological polar surface area (TPSA) is 137 Å². The van der Waals surface area contributed by atoms with Crippen LogP contribution in [0.5, 0.6) is 0 Å². The molecule has 0 radical (unpaired) electrons. The summed E-state index contributed by atoms with van der Waals surface area (Å²) in [7, 11) is 0. The maximum atomic E-state index is 11.7. The summed E-state index contributed by atoms with van der Waals surface area (Å²) in [5.74, 6) is 0. The van der Waals surface area contributed by atoms with Gasteiger partial charge in [-0.2, -0.15) is 0 Å². The molecule has 0 spiro atoms. The first-order chi connectivity index (χ1) is 10.5. The fourth-order valence-corrected chi connectivity index (χ4v) is 1.59. The molecule has 0 aromatic heterocycles. The molecule has 112 valence electrons. The van der Waals surface area contributed by atoms with Crippen molar-refractivity contribution < 1.29 is 14.7 Å². The maximum Gasteiger partial charge on any atom is 0.324 e. The Hall–Kier alpha value is -3.56. The summed E-state index contributed by atoms with van der Waals surface area (Å²) >= 11 is 0. The van der Waals surface area contributed by atoms with Crippen LogP contribution >= 0.6 is 0 Å². The fraction of sp³-hybridized carbons (Fsp3) is 0. The smallest absolute Gasteiger partial charge is 0.324 e. The molecule has 0 aliphatic rings. The van der Waals surface area contributed by atoms with E-state index >= 15 is 0 Å². The average molecular weight is 303 g/mol. The van der Waals surface area contributed by atoms with E-state index in [0.717, 1.165) is 18.2 Å². The summed E-state index contributed by atoms with van der Waals surface area (Å²) in [5.41, 5.74) is 1.34. The van der Waals surface area contributed by atoms with Gasteiger partial charge in [0.15, 0.2) is 5.69 Å². The van der Waals surface area contributed by atoms with E-state index in [4.69, 9.17) is 0 Å². The zero-order valence-corrected chi connectivity index (χ0v) is 10.9. The Morgan fingerprint density at radius 2 is 1.55 bits per heavy atom. The highest BCUT2D eigenvalue weighted by atomic mass is 16.6. The third-order valence-corrected chi connectivity index (χ3v) is 2.63. The number of hydrogen-bond acceptors (Lipinski definition) is 6.